The quantitative estimate of drug-likeness (QED) is 0.758. The number of hydrogen-bond acceptors (Lipinski definition) is 2. The molecule has 1 atom stereocenters. The van der Waals surface area contributed by atoms with E-state index in [2.05, 4.69) is 41.2 Å². The Labute approximate surface area is 123 Å². The Kier molecular flexibility index (Phi) is 5.71. The van der Waals surface area contributed by atoms with Crippen LogP contribution in [0.15, 0.2) is 9.85 Å². The first kappa shape index (κ1) is 14.5. The zero-order chi connectivity index (χ0) is 13.0. The molecule has 1 aliphatic carbocycles. The highest BCUT2D eigenvalue weighted by atomic mass is 79.9. The van der Waals surface area contributed by atoms with E-state index in [0.29, 0.717) is 6.04 Å². The Morgan fingerprint density at radius 2 is 2.11 bits per heavy atom. The molecule has 2 rings (SSSR count). The summed E-state index contributed by atoms with van der Waals surface area (Å²) in [7, 11) is 0. The van der Waals surface area contributed by atoms with Gasteiger partial charge in [-0.1, -0.05) is 39.0 Å². The van der Waals surface area contributed by atoms with Crippen LogP contribution in [-0.2, 0) is 0 Å². The molecule has 0 spiro atoms. The predicted octanol–water partition coefficient (Wildman–Crippen LogP) is 5.44. The van der Waals surface area contributed by atoms with Gasteiger partial charge in [0.2, 0.25) is 0 Å². The second kappa shape index (κ2) is 7.06. The van der Waals surface area contributed by atoms with Crippen LogP contribution in [0.25, 0.3) is 0 Å². The molecule has 1 aromatic rings. The highest BCUT2D eigenvalue weighted by Crippen LogP contribution is 2.37. The maximum Gasteiger partial charge on any atom is 0.0731 e. The lowest BCUT2D eigenvalue weighted by atomic mass is 9.84. The lowest BCUT2D eigenvalue weighted by Crippen LogP contribution is -2.23. The standard InChI is InChI=1S/C15H24BrNS/c1-3-17-13(10-12-7-5-4-6-8-12)14-9-11(2)15(16)18-14/h9,12-13,17H,3-8,10H2,1-2H3. The van der Waals surface area contributed by atoms with Crippen molar-refractivity contribution in [3.63, 3.8) is 0 Å². The number of aryl methyl sites for hydroxylation is 1. The molecule has 1 N–H and O–H groups in total. The molecule has 0 radical (unpaired) electrons. The monoisotopic (exact) mass is 329 g/mol. The SMILES string of the molecule is CCNC(CC1CCCCC1)c1cc(C)c(Br)s1. The summed E-state index contributed by atoms with van der Waals surface area (Å²) in [5.41, 5.74) is 1.38. The van der Waals surface area contributed by atoms with E-state index in [9.17, 15) is 0 Å². The first-order valence-electron chi connectivity index (χ1n) is 7.20. The highest BCUT2D eigenvalue weighted by Gasteiger charge is 2.21. The van der Waals surface area contributed by atoms with Crippen LogP contribution in [-0.4, -0.2) is 6.54 Å². The Bertz CT molecular complexity index is 349. The average molecular weight is 330 g/mol. The van der Waals surface area contributed by atoms with E-state index in [0.717, 1.165) is 12.5 Å². The van der Waals surface area contributed by atoms with Crippen molar-refractivity contribution < 1.29 is 0 Å². The molecule has 0 aromatic carbocycles. The minimum atomic E-state index is 0.563. The van der Waals surface area contributed by atoms with Gasteiger partial charge in [-0.3, -0.25) is 0 Å². The van der Waals surface area contributed by atoms with Crippen molar-refractivity contribution in [1.82, 2.24) is 5.32 Å². The molecule has 18 heavy (non-hydrogen) atoms. The fourth-order valence-corrected chi connectivity index (χ4v) is 4.62. The van der Waals surface area contributed by atoms with Crippen LogP contribution in [0, 0.1) is 12.8 Å². The van der Waals surface area contributed by atoms with Gasteiger partial charge in [-0.05, 0) is 53.4 Å². The topological polar surface area (TPSA) is 12.0 Å². The van der Waals surface area contributed by atoms with Gasteiger partial charge in [-0.25, -0.2) is 0 Å². The highest BCUT2D eigenvalue weighted by molar-refractivity contribution is 9.11. The molecule has 0 amide bonds. The minimum absolute atomic E-state index is 0.563. The fraction of sp³-hybridized carbons (Fsp3) is 0.733. The van der Waals surface area contributed by atoms with Crippen molar-refractivity contribution >= 4 is 27.3 Å². The molecule has 1 fully saturated rings. The van der Waals surface area contributed by atoms with Gasteiger partial charge in [0.05, 0.1) is 3.79 Å². The first-order chi connectivity index (χ1) is 8.70. The van der Waals surface area contributed by atoms with Crippen molar-refractivity contribution in [2.24, 2.45) is 5.92 Å². The van der Waals surface area contributed by atoms with Crippen molar-refractivity contribution in [3.8, 4) is 0 Å². The minimum Gasteiger partial charge on any atom is -0.310 e. The normalized spacial score (nSPS) is 19.1. The van der Waals surface area contributed by atoms with E-state index in [1.165, 1.54) is 52.8 Å². The van der Waals surface area contributed by atoms with Crippen LogP contribution in [0.1, 0.15) is 61.9 Å². The molecule has 0 saturated heterocycles. The molecule has 1 saturated carbocycles. The molecular weight excluding hydrogens is 306 g/mol. The number of hydrogen-bond donors (Lipinski definition) is 1. The summed E-state index contributed by atoms with van der Waals surface area (Å²) in [6, 6.07) is 2.92. The summed E-state index contributed by atoms with van der Waals surface area (Å²) in [6.07, 6.45) is 8.53. The predicted molar refractivity (Wildman–Crippen MR) is 84.4 cm³/mol. The van der Waals surface area contributed by atoms with Crippen LogP contribution in [0.2, 0.25) is 0 Å². The van der Waals surface area contributed by atoms with E-state index >= 15 is 0 Å². The van der Waals surface area contributed by atoms with Gasteiger partial charge in [-0.15, -0.1) is 11.3 Å². The van der Waals surface area contributed by atoms with Gasteiger partial charge in [0.1, 0.15) is 0 Å². The van der Waals surface area contributed by atoms with Crippen LogP contribution in [0.3, 0.4) is 0 Å². The van der Waals surface area contributed by atoms with Crippen molar-refractivity contribution in [2.45, 2.75) is 58.4 Å². The molecule has 1 aromatic heterocycles. The van der Waals surface area contributed by atoms with E-state index in [-0.39, 0.29) is 0 Å². The molecule has 0 bridgehead atoms. The smallest absolute Gasteiger partial charge is 0.0731 e. The molecule has 1 unspecified atom stereocenters. The van der Waals surface area contributed by atoms with Crippen LogP contribution in [0.5, 0.6) is 0 Å². The maximum absolute atomic E-state index is 3.68. The number of thiophene rings is 1. The summed E-state index contributed by atoms with van der Waals surface area (Å²) in [5, 5.41) is 3.68. The second-order valence-corrected chi connectivity index (χ2v) is 7.86. The molecule has 1 aliphatic rings. The lowest BCUT2D eigenvalue weighted by Gasteiger charge is -2.26. The van der Waals surface area contributed by atoms with Crippen LogP contribution >= 0.6 is 27.3 Å². The Morgan fingerprint density at radius 3 is 2.67 bits per heavy atom. The van der Waals surface area contributed by atoms with Gasteiger partial charge in [0, 0.05) is 10.9 Å². The number of rotatable bonds is 5. The fourth-order valence-electron chi connectivity index (χ4n) is 2.96. The van der Waals surface area contributed by atoms with Gasteiger partial charge in [0.25, 0.3) is 0 Å². The molecule has 102 valence electrons. The molecule has 3 heteroatoms. The maximum atomic E-state index is 3.68. The number of halogens is 1. The largest absolute Gasteiger partial charge is 0.310 e. The third-order valence-corrected chi connectivity index (χ3v) is 6.21. The van der Waals surface area contributed by atoms with E-state index in [1.54, 1.807) is 0 Å². The molecular formula is C15H24BrNS. The molecule has 1 heterocycles. The van der Waals surface area contributed by atoms with Crippen molar-refractivity contribution in [1.29, 1.82) is 0 Å². The summed E-state index contributed by atoms with van der Waals surface area (Å²) in [4.78, 5) is 1.51. The molecule has 1 nitrogen and oxygen atoms in total. The molecule has 0 aliphatic heterocycles. The van der Waals surface area contributed by atoms with E-state index in [4.69, 9.17) is 0 Å². The van der Waals surface area contributed by atoms with Crippen LogP contribution < -0.4 is 5.32 Å². The zero-order valence-corrected chi connectivity index (χ0v) is 13.9. The lowest BCUT2D eigenvalue weighted by molar-refractivity contribution is 0.303. The first-order valence-corrected chi connectivity index (χ1v) is 8.81. The number of nitrogens with one attached hydrogen (secondary N) is 1. The summed E-state index contributed by atoms with van der Waals surface area (Å²) < 4.78 is 1.30. The Balaban J connectivity index is 2.02. The van der Waals surface area contributed by atoms with Crippen molar-refractivity contribution in [2.75, 3.05) is 6.54 Å². The summed E-state index contributed by atoms with van der Waals surface area (Å²) in [6.45, 7) is 5.46. The van der Waals surface area contributed by atoms with E-state index in [1.807, 2.05) is 11.3 Å². The Hall–Kier alpha value is 0.140. The van der Waals surface area contributed by atoms with Gasteiger partial charge in [-0.2, -0.15) is 0 Å². The summed E-state index contributed by atoms with van der Waals surface area (Å²) in [5.74, 6) is 0.934. The van der Waals surface area contributed by atoms with Gasteiger partial charge >= 0.3 is 0 Å². The summed E-state index contributed by atoms with van der Waals surface area (Å²) >= 11 is 5.56. The average Bonchev–Trinajstić information content (AvgIpc) is 2.70. The van der Waals surface area contributed by atoms with Gasteiger partial charge < -0.3 is 5.32 Å². The third-order valence-electron chi connectivity index (χ3n) is 3.96. The third kappa shape index (κ3) is 3.82. The Morgan fingerprint density at radius 1 is 1.39 bits per heavy atom. The van der Waals surface area contributed by atoms with Crippen LogP contribution in [0.4, 0.5) is 0 Å². The van der Waals surface area contributed by atoms with E-state index < -0.39 is 0 Å². The zero-order valence-electron chi connectivity index (χ0n) is 11.5. The van der Waals surface area contributed by atoms with Gasteiger partial charge in [0.15, 0.2) is 0 Å². The van der Waals surface area contributed by atoms with Crippen molar-refractivity contribution in [3.05, 3.63) is 20.3 Å². The second-order valence-electron chi connectivity index (χ2n) is 5.46.